The molecule has 2 fully saturated rings. The second-order valence-corrected chi connectivity index (χ2v) is 10.5. The number of aryl methyl sites for hydroxylation is 2. The highest BCUT2D eigenvalue weighted by Crippen LogP contribution is 2.37. The number of rotatable bonds is 2. The number of benzene rings is 1. The smallest absolute Gasteiger partial charge is 0.410 e. The van der Waals surface area contributed by atoms with Crippen molar-refractivity contribution >= 4 is 28.9 Å². The van der Waals surface area contributed by atoms with Crippen molar-refractivity contribution in [1.29, 1.82) is 0 Å². The van der Waals surface area contributed by atoms with Crippen molar-refractivity contribution < 1.29 is 19.1 Å². The molecule has 3 heterocycles. The van der Waals surface area contributed by atoms with Crippen LogP contribution in [-0.4, -0.2) is 62.6 Å². The molecular weight excluding hydrogens is 436 g/mol. The second-order valence-electron chi connectivity index (χ2n) is 10.5. The first-order valence-electron chi connectivity index (χ1n) is 11.9. The molecule has 1 unspecified atom stereocenters. The van der Waals surface area contributed by atoms with E-state index in [2.05, 4.69) is 0 Å². The van der Waals surface area contributed by atoms with Crippen LogP contribution >= 0.6 is 0 Å². The van der Waals surface area contributed by atoms with Gasteiger partial charge in [-0.25, -0.2) is 9.59 Å². The monoisotopic (exact) mass is 470 g/mol. The average Bonchev–Trinajstić information content (AvgIpc) is 3.02. The van der Waals surface area contributed by atoms with Gasteiger partial charge in [0, 0.05) is 33.6 Å². The van der Waals surface area contributed by atoms with Crippen LogP contribution in [0.5, 0.6) is 0 Å². The Kier molecular flexibility index (Phi) is 6.08. The molecular formula is C25H34N4O5. The molecule has 3 amide bonds. The maximum absolute atomic E-state index is 13.3. The largest absolute Gasteiger partial charge is 0.444 e. The predicted octanol–water partition coefficient (Wildman–Crippen LogP) is 3.08. The number of nitrogens with zero attached hydrogens (tertiary/aromatic N) is 4. The number of likely N-dealkylation sites (N-methyl/N-ethyl adjacent to an activating group) is 1. The second kappa shape index (κ2) is 8.60. The number of piperidine rings is 2. The first kappa shape index (κ1) is 24.0. The van der Waals surface area contributed by atoms with E-state index < -0.39 is 11.6 Å². The van der Waals surface area contributed by atoms with Crippen molar-refractivity contribution in [2.75, 3.05) is 20.1 Å². The van der Waals surface area contributed by atoms with Crippen LogP contribution in [0, 0.1) is 6.92 Å². The molecule has 9 heteroatoms. The summed E-state index contributed by atoms with van der Waals surface area (Å²) in [6.45, 7) is 8.78. The van der Waals surface area contributed by atoms with E-state index in [1.807, 2.05) is 39.8 Å². The highest BCUT2D eigenvalue weighted by Gasteiger charge is 2.36. The van der Waals surface area contributed by atoms with Crippen LogP contribution in [0.3, 0.4) is 0 Å². The number of imidazole rings is 1. The normalized spacial score (nSPS) is 20.4. The van der Waals surface area contributed by atoms with Gasteiger partial charge in [-0.3, -0.25) is 23.6 Å². The van der Waals surface area contributed by atoms with E-state index in [9.17, 15) is 19.2 Å². The van der Waals surface area contributed by atoms with E-state index in [-0.39, 0.29) is 35.9 Å². The van der Waals surface area contributed by atoms with E-state index in [4.69, 9.17) is 4.74 Å². The van der Waals surface area contributed by atoms with Crippen LogP contribution < -0.4 is 5.69 Å². The van der Waals surface area contributed by atoms with Crippen molar-refractivity contribution in [2.24, 2.45) is 7.05 Å². The van der Waals surface area contributed by atoms with Crippen LogP contribution in [-0.2, 0) is 21.4 Å². The van der Waals surface area contributed by atoms with Gasteiger partial charge in [0.15, 0.2) is 0 Å². The average molecular weight is 471 g/mol. The Hall–Kier alpha value is -3.10. The van der Waals surface area contributed by atoms with Gasteiger partial charge in [0.05, 0.1) is 11.0 Å². The van der Waals surface area contributed by atoms with Crippen molar-refractivity contribution in [3.05, 3.63) is 33.7 Å². The van der Waals surface area contributed by atoms with Gasteiger partial charge in [-0.05, 0) is 70.1 Å². The molecule has 1 aromatic carbocycles. The molecule has 0 spiro atoms. The molecule has 9 nitrogen and oxygen atoms in total. The SMILES string of the molecule is Cc1ccc2c(c1C1CCN(C(=O)OC(C)(C)C)CC1)n(C)c(=O)n2C1CCC(=O)N(C)C1=O. The number of carbonyl (C=O) groups is 3. The number of imide groups is 1. The fourth-order valence-electron chi connectivity index (χ4n) is 5.24. The number of fused-ring (bicyclic) bond motifs is 1. The zero-order valence-electron chi connectivity index (χ0n) is 20.9. The molecule has 2 aliphatic heterocycles. The van der Waals surface area contributed by atoms with Gasteiger partial charge in [-0.2, -0.15) is 0 Å². The van der Waals surface area contributed by atoms with Crippen LogP contribution in [0.25, 0.3) is 11.0 Å². The minimum atomic E-state index is -0.691. The lowest BCUT2D eigenvalue weighted by Gasteiger charge is -2.34. The van der Waals surface area contributed by atoms with Gasteiger partial charge in [-0.15, -0.1) is 0 Å². The molecule has 0 radical (unpaired) electrons. The number of aromatic nitrogens is 2. The molecule has 0 aliphatic carbocycles. The molecule has 1 aromatic heterocycles. The van der Waals surface area contributed by atoms with Crippen molar-refractivity contribution in [3.63, 3.8) is 0 Å². The molecule has 2 aromatic rings. The first-order chi connectivity index (χ1) is 15.9. The summed E-state index contributed by atoms with van der Waals surface area (Å²) in [6, 6.07) is 3.20. The summed E-state index contributed by atoms with van der Waals surface area (Å²) in [7, 11) is 3.21. The number of amides is 3. The number of hydrogen-bond donors (Lipinski definition) is 0. The van der Waals surface area contributed by atoms with Gasteiger partial charge >= 0.3 is 11.8 Å². The van der Waals surface area contributed by atoms with Gasteiger partial charge in [0.2, 0.25) is 5.91 Å². The summed E-state index contributed by atoms with van der Waals surface area (Å²) >= 11 is 0. The van der Waals surface area contributed by atoms with Gasteiger partial charge < -0.3 is 9.64 Å². The molecule has 34 heavy (non-hydrogen) atoms. The number of hydrogen-bond acceptors (Lipinski definition) is 5. The minimum absolute atomic E-state index is 0.176. The molecule has 0 N–H and O–H groups in total. The van der Waals surface area contributed by atoms with E-state index >= 15 is 0 Å². The molecule has 2 aliphatic rings. The summed E-state index contributed by atoms with van der Waals surface area (Å²) < 4.78 is 8.70. The van der Waals surface area contributed by atoms with Gasteiger partial charge in [0.25, 0.3) is 5.91 Å². The van der Waals surface area contributed by atoms with Crippen LogP contribution in [0.1, 0.15) is 69.5 Å². The van der Waals surface area contributed by atoms with Crippen LogP contribution in [0.15, 0.2) is 16.9 Å². The van der Waals surface area contributed by atoms with Crippen LogP contribution in [0.2, 0.25) is 0 Å². The number of ether oxygens (including phenoxy) is 1. The Bertz CT molecular complexity index is 1210. The summed E-state index contributed by atoms with van der Waals surface area (Å²) in [5.41, 5.74) is 2.92. The topological polar surface area (TPSA) is 93.8 Å². The number of carbonyl (C=O) groups excluding carboxylic acids is 3. The van der Waals surface area contributed by atoms with Crippen molar-refractivity contribution in [3.8, 4) is 0 Å². The van der Waals surface area contributed by atoms with E-state index in [1.165, 1.54) is 7.05 Å². The van der Waals surface area contributed by atoms with Gasteiger partial charge in [-0.1, -0.05) is 6.07 Å². The first-order valence-corrected chi connectivity index (χ1v) is 11.9. The molecule has 184 valence electrons. The quantitative estimate of drug-likeness (QED) is 0.629. The molecule has 2 saturated heterocycles. The Morgan fingerprint density at radius 1 is 1.03 bits per heavy atom. The van der Waals surface area contributed by atoms with E-state index in [0.29, 0.717) is 25.0 Å². The van der Waals surface area contributed by atoms with E-state index in [0.717, 1.165) is 34.4 Å². The Morgan fingerprint density at radius 2 is 1.68 bits per heavy atom. The van der Waals surface area contributed by atoms with Gasteiger partial charge in [0.1, 0.15) is 11.6 Å². The number of likely N-dealkylation sites (tertiary alicyclic amines) is 2. The van der Waals surface area contributed by atoms with Crippen molar-refractivity contribution in [2.45, 2.75) is 70.9 Å². The standard InChI is InChI=1S/C25H34N4O5/c1-15-7-8-17-21(20(15)16-11-13-28(14-12-16)24(33)34-25(2,3)4)27(6)23(32)29(17)18-9-10-19(30)26(5)22(18)31/h7-8,16,18H,9-14H2,1-6H3. The summed E-state index contributed by atoms with van der Waals surface area (Å²) in [4.78, 5) is 53.5. The Labute approximate surface area is 199 Å². The highest BCUT2D eigenvalue weighted by molar-refractivity contribution is 6.00. The summed E-state index contributed by atoms with van der Waals surface area (Å²) in [5.74, 6) is -0.392. The third kappa shape index (κ3) is 4.12. The Morgan fingerprint density at radius 3 is 2.29 bits per heavy atom. The maximum atomic E-state index is 13.3. The van der Waals surface area contributed by atoms with E-state index in [1.54, 1.807) is 21.1 Å². The lowest BCUT2D eigenvalue weighted by Crippen LogP contribution is -2.45. The molecule has 0 saturated carbocycles. The summed E-state index contributed by atoms with van der Waals surface area (Å²) in [5, 5.41) is 0. The van der Waals surface area contributed by atoms with Crippen molar-refractivity contribution in [1.82, 2.24) is 18.9 Å². The zero-order chi connectivity index (χ0) is 24.9. The fraction of sp³-hybridized carbons (Fsp3) is 0.600. The lowest BCUT2D eigenvalue weighted by molar-refractivity contribution is -0.149. The molecule has 1 atom stereocenters. The third-order valence-corrected chi connectivity index (χ3v) is 6.99. The highest BCUT2D eigenvalue weighted by atomic mass is 16.6. The minimum Gasteiger partial charge on any atom is -0.444 e. The molecule has 4 rings (SSSR count). The molecule has 0 bridgehead atoms. The summed E-state index contributed by atoms with van der Waals surface area (Å²) in [6.07, 6.45) is 1.78. The fourth-order valence-corrected chi connectivity index (χ4v) is 5.24. The lowest BCUT2D eigenvalue weighted by atomic mass is 9.86. The van der Waals surface area contributed by atoms with Crippen LogP contribution in [0.4, 0.5) is 4.79 Å². The zero-order valence-corrected chi connectivity index (χ0v) is 20.9. The predicted molar refractivity (Wildman–Crippen MR) is 128 cm³/mol. The Balaban J connectivity index is 1.68. The maximum Gasteiger partial charge on any atom is 0.410 e. The third-order valence-electron chi connectivity index (χ3n) is 6.99.